The first-order chi connectivity index (χ1) is 19.7. The first kappa shape index (κ1) is 25.4. The zero-order valence-corrected chi connectivity index (χ0v) is 24.4. The Kier molecular flexibility index (Phi) is 6.63. The average Bonchev–Trinajstić information content (AvgIpc) is 3.75. The van der Waals surface area contributed by atoms with Crippen molar-refractivity contribution in [2.75, 3.05) is 0 Å². The largest absolute Gasteiger partial charge is 0.294 e. The Morgan fingerprint density at radius 1 is 0.450 bits per heavy atom. The quantitative estimate of drug-likeness (QED) is 0.183. The van der Waals surface area contributed by atoms with E-state index in [1.54, 1.807) is 16.7 Å². The van der Waals surface area contributed by atoms with Crippen molar-refractivity contribution in [3.05, 3.63) is 142 Å². The number of carbonyl (C=O) groups excluding carboxylic acids is 1. The topological polar surface area (TPSA) is 17.1 Å². The molecule has 0 aromatic heterocycles. The summed E-state index contributed by atoms with van der Waals surface area (Å²) in [6.45, 7) is 0. The van der Waals surface area contributed by atoms with E-state index in [-0.39, 0.29) is 0 Å². The highest BCUT2D eigenvalue weighted by Crippen LogP contribution is 2.56. The summed E-state index contributed by atoms with van der Waals surface area (Å²) in [4.78, 5) is 11.1. The van der Waals surface area contributed by atoms with E-state index in [4.69, 9.17) is 0 Å². The number of hydrogen-bond donors (Lipinski definition) is 0. The van der Waals surface area contributed by atoms with Gasteiger partial charge in [-0.2, -0.15) is 0 Å². The van der Waals surface area contributed by atoms with Gasteiger partial charge in [-0.05, 0) is 98.0 Å². The average molecular weight is 571 g/mol. The minimum Gasteiger partial charge on any atom is -0.294 e. The standard InChI is InChI=1S/C27H18.C9H8O.S3/c1-4-10-19-16(7-1)13-22-25(19)23-14-17-8-3-6-12-21(17)27(23)24-15-18-9-2-5-11-20(18)26(22)24;10-9-6-5-7-3-1-2-4-8(7)9;1-3-2/h1-12H,13-15H2;1-4H,5-6H2;. The van der Waals surface area contributed by atoms with Crippen LogP contribution >= 0.6 is 0 Å². The summed E-state index contributed by atoms with van der Waals surface area (Å²) in [5.41, 5.74) is 20.3. The third kappa shape index (κ3) is 4.05. The molecule has 0 spiro atoms. The van der Waals surface area contributed by atoms with Gasteiger partial charge in [-0.25, -0.2) is 0 Å². The maximum absolute atomic E-state index is 11.1. The molecule has 9 rings (SSSR count). The Morgan fingerprint density at radius 3 is 1.15 bits per heavy atom. The number of benzene rings is 5. The number of hydrogen-bond acceptors (Lipinski definition) is 3. The molecule has 5 aromatic rings. The van der Waals surface area contributed by atoms with Crippen molar-refractivity contribution in [3.63, 3.8) is 0 Å². The zero-order valence-electron chi connectivity index (χ0n) is 21.9. The van der Waals surface area contributed by atoms with Crippen molar-refractivity contribution in [2.45, 2.75) is 32.1 Å². The zero-order chi connectivity index (χ0) is 27.2. The third-order valence-electron chi connectivity index (χ3n) is 8.71. The van der Waals surface area contributed by atoms with Crippen LogP contribution in [0.15, 0.2) is 97.1 Å². The van der Waals surface area contributed by atoms with Gasteiger partial charge in [-0.3, -0.25) is 4.79 Å². The molecule has 5 aromatic carbocycles. The summed E-state index contributed by atoms with van der Waals surface area (Å²) in [5, 5.41) is 0. The van der Waals surface area contributed by atoms with Gasteiger partial charge in [0.15, 0.2) is 5.78 Å². The van der Waals surface area contributed by atoms with E-state index < -0.39 is 0 Å². The summed E-state index contributed by atoms with van der Waals surface area (Å²) in [7, 11) is 0.917. The third-order valence-corrected chi connectivity index (χ3v) is 8.71. The Labute approximate surface area is 247 Å². The molecule has 40 heavy (non-hydrogen) atoms. The minimum atomic E-state index is 0.301. The maximum atomic E-state index is 11.1. The Bertz CT molecular complexity index is 1700. The molecule has 0 bridgehead atoms. The molecule has 0 saturated carbocycles. The summed E-state index contributed by atoms with van der Waals surface area (Å²) >= 11 is 8.25. The van der Waals surface area contributed by atoms with Crippen molar-refractivity contribution in [1.29, 1.82) is 0 Å². The fourth-order valence-electron chi connectivity index (χ4n) is 7.15. The fourth-order valence-corrected chi connectivity index (χ4v) is 7.15. The van der Waals surface area contributed by atoms with Crippen LogP contribution in [0, 0.1) is 0 Å². The number of ketones is 1. The second-order valence-corrected chi connectivity index (χ2v) is 12.5. The van der Waals surface area contributed by atoms with E-state index in [1.807, 2.05) is 24.3 Å². The lowest BCUT2D eigenvalue weighted by Crippen LogP contribution is -1.96. The lowest BCUT2D eigenvalue weighted by Gasteiger charge is -2.17. The molecule has 4 aliphatic carbocycles. The van der Waals surface area contributed by atoms with E-state index in [0.29, 0.717) is 12.2 Å². The first-order valence-corrected chi connectivity index (χ1v) is 16.3. The molecule has 194 valence electrons. The van der Waals surface area contributed by atoms with Crippen LogP contribution in [-0.2, 0) is 56.9 Å². The SMILES string of the molecule is O=C1CCc2ccccc21.S=S=S.c1ccc2c(c1)Cc1c-2c2c(c3c1-c1ccccc1C3)-c1ccccc1C2. The highest BCUT2D eigenvalue weighted by atomic mass is 33.1. The monoisotopic (exact) mass is 570 g/mol. The second kappa shape index (κ2) is 10.4. The number of rotatable bonds is 0. The van der Waals surface area contributed by atoms with Gasteiger partial charge < -0.3 is 0 Å². The lowest BCUT2D eigenvalue weighted by atomic mass is 9.86. The summed E-state index contributed by atoms with van der Waals surface area (Å²) in [5.74, 6) is 0.301. The molecule has 0 unspecified atom stereocenters. The highest BCUT2D eigenvalue weighted by Gasteiger charge is 2.36. The van der Waals surface area contributed by atoms with Crippen LogP contribution in [0.2, 0.25) is 0 Å². The first-order valence-electron chi connectivity index (χ1n) is 13.7. The van der Waals surface area contributed by atoms with E-state index in [2.05, 4.69) is 95.2 Å². The second-order valence-electron chi connectivity index (χ2n) is 10.7. The van der Waals surface area contributed by atoms with Crippen LogP contribution in [0.3, 0.4) is 0 Å². The molecule has 0 atom stereocenters. The van der Waals surface area contributed by atoms with Crippen LogP contribution in [0.5, 0.6) is 0 Å². The number of aryl methyl sites for hydroxylation is 1. The van der Waals surface area contributed by atoms with Gasteiger partial charge in [0.25, 0.3) is 0 Å². The summed E-state index contributed by atoms with van der Waals surface area (Å²) < 4.78 is 0. The maximum Gasteiger partial charge on any atom is 0.163 e. The number of fused-ring (bicyclic) bond motifs is 13. The van der Waals surface area contributed by atoms with Gasteiger partial charge in [0.2, 0.25) is 0 Å². The van der Waals surface area contributed by atoms with Gasteiger partial charge in [0, 0.05) is 43.2 Å². The molecular weight excluding hydrogens is 545 g/mol. The van der Waals surface area contributed by atoms with Crippen LogP contribution < -0.4 is 0 Å². The van der Waals surface area contributed by atoms with E-state index >= 15 is 0 Å². The van der Waals surface area contributed by atoms with Crippen LogP contribution in [0.1, 0.15) is 55.7 Å². The van der Waals surface area contributed by atoms with E-state index in [9.17, 15) is 4.79 Å². The van der Waals surface area contributed by atoms with Gasteiger partial charge in [0.05, 0.1) is 0 Å². The molecule has 0 saturated heterocycles. The summed E-state index contributed by atoms with van der Waals surface area (Å²) in [6, 6.07) is 34.9. The molecule has 0 aliphatic heterocycles. The van der Waals surface area contributed by atoms with Crippen molar-refractivity contribution in [1.82, 2.24) is 0 Å². The molecule has 0 N–H and O–H groups in total. The minimum absolute atomic E-state index is 0.301. The van der Waals surface area contributed by atoms with Crippen LogP contribution in [0.4, 0.5) is 0 Å². The molecule has 1 nitrogen and oxygen atoms in total. The highest BCUT2D eigenvalue weighted by molar-refractivity contribution is 8.37. The summed E-state index contributed by atoms with van der Waals surface area (Å²) in [6.07, 6.45) is 4.87. The molecule has 0 fully saturated rings. The molecule has 4 heteroatoms. The Balaban J connectivity index is 0.000000170. The Hall–Kier alpha value is -3.57. The predicted octanol–water partition coefficient (Wildman–Crippen LogP) is 8.21. The van der Waals surface area contributed by atoms with Crippen molar-refractivity contribution >= 4 is 37.0 Å². The van der Waals surface area contributed by atoms with Gasteiger partial charge in [0.1, 0.15) is 0 Å². The van der Waals surface area contributed by atoms with Gasteiger partial charge in [-0.15, -0.1) is 0 Å². The van der Waals surface area contributed by atoms with E-state index in [0.717, 1.165) is 40.1 Å². The van der Waals surface area contributed by atoms with Crippen molar-refractivity contribution in [2.24, 2.45) is 0 Å². The van der Waals surface area contributed by atoms with E-state index in [1.165, 1.54) is 55.6 Å². The molecule has 4 aliphatic rings. The molecular formula is C36H26OS3. The smallest absolute Gasteiger partial charge is 0.163 e. The molecule has 0 heterocycles. The van der Waals surface area contributed by atoms with Crippen LogP contribution in [0.25, 0.3) is 33.4 Å². The van der Waals surface area contributed by atoms with Crippen LogP contribution in [-0.4, -0.2) is 5.78 Å². The molecule has 0 amide bonds. The normalized spacial score (nSPS) is 13.8. The number of carbonyl (C=O) groups is 1. The van der Waals surface area contributed by atoms with Crippen molar-refractivity contribution < 1.29 is 4.79 Å². The fraction of sp³-hybridized carbons (Fsp3) is 0.139. The van der Waals surface area contributed by atoms with Gasteiger partial charge in [-0.1, -0.05) is 97.1 Å². The number of Topliss-reactive ketones (excluding diaryl/α,β-unsaturated/α-hetero) is 1. The van der Waals surface area contributed by atoms with Gasteiger partial charge >= 0.3 is 0 Å². The predicted molar refractivity (Wildman–Crippen MR) is 172 cm³/mol. The molecule has 0 radical (unpaired) electrons. The Morgan fingerprint density at radius 2 is 0.775 bits per heavy atom. The van der Waals surface area contributed by atoms with Crippen molar-refractivity contribution in [3.8, 4) is 33.4 Å². The lowest BCUT2D eigenvalue weighted by molar-refractivity contribution is 0.0994.